The number of hydrogen-bond acceptors (Lipinski definition) is 4. The second-order valence-corrected chi connectivity index (χ2v) is 4.64. The molecule has 6 heteroatoms. The maximum absolute atomic E-state index is 11.8. The summed E-state index contributed by atoms with van der Waals surface area (Å²) in [6, 6.07) is 11.9. The Balaban J connectivity index is 1.69. The fourth-order valence-corrected chi connectivity index (χ4v) is 1.83. The highest BCUT2D eigenvalue weighted by atomic mass is 16.3. The van der Waals surface area contributed by atoms with E-state index in [4.69, 9.17) is 0 Å². The number of carbonyl (C=O) groups excluding carboxylic acids is 2. The Bertz CT molecular complexity index is 644. The molecule has 0 bridgehead atoms. The van der Waals surface area contributed by atoms with Crippen molar-refractivity contribution in [2.75, 3.05) is 11.9 Å². The molecule has 0 saturated carbocycles. The highest BCUT2D eigenvalue weighted by Gasteiger charge is 2.08. The summed E-state index contributed by atoms with van der Waals surface area (Å²) < 4.78 is 0. The van der Waals surface area contributed by atoms with Crippen LogP contribution in [0.25, 0.3) is 0 Å². The third-order valence-electron chi connectivity index (χ3n) is 2.95. The average Bonchev–Trinajstić information content (AvgIpc) is 2.54. The van der Waals surface area contributed by atoms with Crippen molar-refractivity contribution in [2.45, 2.75) is 12.8 Å². The topological polar surface area (TPSA) is 91.3 Å². The average molecular weight is 299 g/mol. The van der Waals surface area contributed by atoms with E-state index in [9.17, 15) is 14.7 Å². The van der Waals surface area contributed by atoms with Crippen LogP contribution in [0.1, 0.15) is 23.2 Å². The predicted octanol–water partition coefficient (Wildman–Crippen LogP) is 1.94. The predicted molar refractivity (Wildman–Crippen MR) is 82.5 cm³/mol. The van der Waals surface area contributed by atoms with E-state index in [-0.39, 0.29) is 29.8 Å². The highest BCUT2D eigenvalue weighted by molar-refractivity contribution is 5.94. The van der Waals surface area contributed by atoms with Gasteiger partial charge in [-0.2, -0.15) is 0 Å². The molecule has 0 radical (unpaired) electrons. The van der Waals surface area contributed by atoms with E-state index in [0.29, 0.717) is 18.5 Å². The maximum Gasteiger partial charge on any atom is 0.251 e. The van der Waals surface area contributed by atoms with Crippen LogP contribution in [0.15, 0.2) is 48.7 Å². The lowest BCUT2D eigenvalue weighted by Gasteiger charge is -2.07. The largest absolute Gasteiger partial charge is 0.504 e. The molecule has 2 aromatic rings. The van der Waals surface area contributed by atoms with Gasteiger partial charge in [-0.05, 0) is 30.7 Å². The maximum atomic E-state index is 11.8. The molecule has 3 N–H and O–H groups in total. The van der Waals surface area contributed by atoms with E-state index in [2.05, 4.69) is 15.6 Å². The Morgan fingerprint density at radius 1 is 1.09 bits per heavy atom. The summed E-state index contributed by atoms with van der Waals surface area (Å²) in [6.07, 6.45) is 2.21. The van der Waals surface area contributed by atoms with E-state index in [0.717, 1.165) is 0 Å². The summed E-state index contributed by atoms with van der Waals surface area (Å²) in [7, 11) is 0. The number of hydrogen-bond donors (Lipinski definition) is 3. The number of rotatable bonds is 6. The van der Waals surface area contributed by atoms with Crippen molar-refractivity contribution in [3.8, 4) is 5.75 Å². The van der Waals surface area contributed by atoms with Gasteiger partial charge in [0.15, 0.2) is 11.6 Å². The number of pyridine rings is 1. The van der Waals surface area contributed by atoms with Gasteiger partial charge in [0, 0.05) is 24.7 Å². The Morgan fingerprint density at radius 2 is 1.86 bits per heavy atom. The molecule has 0 aliphatic rings. The molecular formula is C16H17N3O3. The molecule has 1 heterocycles. The Kier molecular flexibility index (Phi) is 5.48. The molecule has 6 nitrogen and oxygen atoms in total. The molecule has 2 amide bonds. The molecule has 0 unspecified atom stereocenters. The molecule has 0 aliphatic heterocycles. The van der Waals surface area contributed by atoms with Crippen LogP contribution in [0.3, 0.4) is 0 Å². The fraction of sp³-hybridized carbons (Fsp3) is 0.188. The van der Waals surface area contributed by atoms with Crippen molar-refractivity contribution < 1.29 is 14.7 Å². The van der Waals surface area contributed by atoms with Gasteiger partial charge in [0.05, 0.1) is 0 Å². The minimum Gasteiger partial charge on any atom is -0.504 e. The van der Waals surface area contributed by atoms with Gasteiger partial charge in [0.1, 0.15) is 0 Å². The Labute approximate surface area is 128 Å². The molecule has 2 rings (SSSR count). The number of benzene rings is 1. The minimum atomic E-state index is -0.261. The molecule has 114 valence electrons. The normalized spacial score (nSPS) is 10.0. The number of nitrogens with one attached hydrogen (secondary N) is 2. The molecule has 0 fully saturated rings. The van der Waals surface area contributed by atoms with Crippen molar-refractivity contribution in [1.29, 1.82) is 0 Å². The molecule has 0 spiro atoms. The fourth-order valence-electron chi connectivity index (χ4n) is 1.83. The van der Waals surface area contributed by atoms with Crippen LogP contribution < -0.4 is 10.6 Å². The van der Waals surface area contributed by atoms with Gasteiger partial charge in [0.2, 0.25) is 5.91 Å². The first-order valence-corrected chi connectivity index (χ1v) is 6.94. The van der Waals surface area contributed by atoms with Crippen LogP contribution in [0.5, 0.6) is 5.75 Å². The molecule has 0 atom stereocenters. The van der Waals surface area contributed by atoms with Gasteiger partial charge in [-0.3, -0.25) is 9.59 Å². The quantitative estimate of drug-likeness (QED) is 0.711. The van der Waals surface area contributed by atoms with E-state index in [1.807, 2.05) is 6.07 Å². The first-order valence-electron chi connectivity index (χ1n) is 6.94. The SMILES string of the molecule is O=C(CCCNC(=O)c1ccccc1)Nc1ncccc1O. The summed E-state index contributed by atoms with van der Waals surface area (Å²) in [5, 5.41) is 14.8. The van der Waals surface area contributed by atoms with Crippen molar-refractivity contribution >= 4 is 17.6 Å². The van der Waals surface area contributed by atoms with Crippen LogP contribution >= 0.6 is 0 Å². The lowest BCUT2D eigenvalue weighted by atomic mass is 10.2. The van der Waals surface area contributed by atoms with Gasteiger partial charge in [0.25, 0.3) is 5.91 Å². The third-order valence-corrected chi connectivity index (χ3v) is 2.95. The lowest BCUT2D eigenvalue weighted by Crippen LogP contribution is -2.25. The number of aromatic nitrogens is 1. The van der Waals surface area contributed by atoms with Gasteiger partial charge < -0.3 is 15.7 Å². The van der Waals surface area contributed by atoms with Crippen LogP contribution in [0, 0.1) is 0 Å². The zero-order valence-electron chi connectivity index (χ0n) is 12.0. The second kappa shape index (κ2) is 7.78. The summed E-state index contributed by atoms with van der Waals surface area (Å²) in [6.45, 7) is 0.398. The number of anilines is 1. The highest BCUT2D eigenvalue weighted by Crippen LogP contribution is 2.18. The van der Waals surface area contributed by atoms with Gasteiger partial charge in [-0.15, -0.1) is 0 Å². The first-order chi connectivity index (χ1) is 10.7. The Morgan fingerprint density at radius 3 is 2.59 bits per heavy atom. The van der Waals surface area contributed by atoms with E-state index < -0.39 is 0 Å². The zero-order valence-corrected chi connectivity index (χ0v) is 12.0. The monoisotopic (exact) mass is 299 g/mol. The molecular weight excluding hydrogens is 282 g/mol. The number of amides is 2. The van der Waals surface area contributed by atoms with Crippen molar-refractivity contribution in [1.82, 2.24) is 10.3 Å². The van der Waals surface area contributed by atoms with E-state index in [1.165, 1.54) is 12.3 Å². The second-order valence-electron chi connectivity index (χ2n) is 4.64. The molecule has 0 aliphatic carbocycles. The molecule has 1 aromatic heterocycles. The van der Waals surface area contributed by atoms with Gasteiger partial charge in [-0.25, -0.2) is 4.98 Å². The summed E-state index contributed by atoms with van der Waals surface area (Å²) in [5.74, 6) is -0.361. The standard InChI is InChI=1S/C16H17N3O3/c20-13-8-4-10-17-15(13)19-14(21)9-5-11-18-16(22)12-6-2-1-3-7-12/h1-4,6-8,10,20H,5,9,11H2,(H,18,22)(H,17,19,21). The summed E-state index contributed by atoms with van der Waals surface area (Å²) in [5.41, 5.74) is 0.588. The van der Waals surface area contributed by atoms with Crippen LogP contribution in [0.4, 0.5) is 5.82 Å². The number of aromatic hydroxyl groups is 1. The van der Waals surface area contributed by atoms with Crippen molar-refractivity contribution in [3.63, 3.8) is 0 Å². The molecule has 1 aromatic carbocycles. The van der Waals surface area contributed by atoms with Crippen LogP contribution in [-0.4, -0.2) is 28.4 Å². The van der Waals surface area contributed by atoms with Gasteiger partial charge in [-0.1, -0.05) is 18.2 Å². The first kappa shape index (κ1) is 15.5. The van der Waals surface area contributed by atoms with Crippen molar-refractivity contribution in [3.05, 3.63) is 54.2 Å². The lowest BCUT2D eigenvalue weighted by molar-refractivity contribution is -0.116. The third kappa shape index (κ3) is 4.59. The summed E-state index contributed by atoms with van der Waals surface area (Å²) in [4.78, 5) is 27.3. The summed E-state index contributed by atoms with van der Waals surface area (Å²) >= 11 is 0. The van der Waals surface area contributed by atoms with Crippen molar-refractivity contribution in [2.24, 2.45) is 0 Å². The smallest absolute Gasteiger partial charge is 0.251 e. The van der Waals surface area contributed by atoms with E-state index >= 15 is 0 Å². The number of carbonyl (C=O) groups is 2. The van der Waals surface area contributed by atoms with E-state index in [1.54, 1.807) is 30.3 Å². The van der Waals surface area contributed by atoms with Crippen LogP contribution in [-0.2, 0) is 4.79 Å². The Hall–Kier alpha value is -2.89. The number of nitrogens with zero attached hydrogens (tertiary/aromatic N) is 1. The molecule has 22 heavy (non-hydrogen) atoms. The minimum absolute atomic E-state index is 0.0757. The van der Waals surface area contributed by atoms with Crippen LogP contribution in [0.2, 0.25) is 0 Å². The van der Waals surface area contributed by atoms with Gasteiger partial charge >= 0.3 is 0 Å². The zero-order chi connectivity index (χ0) is 15.8. The molecule has 0 saturated heterocycles.